The van der Waals surface area contributed by atoms with Crippen molar-refractivity contribution in [2.45, 2.75) is 26.2 Å². The van der Waals surface area contributed by atoms with Crippen molar-refractivity contribution in [1.82, 2.24) is 14.8 Å². The zero-order valence-electron chi connectivity index (χ0n) is 12.4. The second-order valence-corrected chi connectivity index (χ2v) is 6.26. The molecule has 0 saturated carbocycles. The van der Waals surface area contributed by atoms with Gasteiger partial charge in [-0.25, -0.2) is 0 Å². The molecule has 2 aliphatic heterocycles. The van der Waals surface area contributed by atoms with Crippen molar-refractivity contribution in [1.29, 1.82) is 0 Å². The number of hydrogen-bond donors (Lipinski definition) is 0. The zero-order chi connectivity index (χ0) is 14.9. The first-order valence-electron chi connectivity index (χ1n) is 7.55. The summed E-state index contributed by atoms with van der Waals surface area (Å²) in [6, 6.07) is 3.60. The number of carbonyl (C=O) groups is 2. The number of nitrogens with zero attached hydrogens (tertiary/aromatic N) is 3. The molecule has 1 aromatic rings. The molecular formula is C16H21N3O2. The Morgan fingerprint density at radius 3 is 2.67 bits per heavy atom. The minimum absolute atomic E-state index is 0.0588. The monoisotopic (exact) mass is 287 g/mol. The van der Waals surface area contributed by atoms with Crippen molar-refractivity contribution in [3.63, 3.8) is 0 Å². The Labute approximate surface area is 124 Å². The largest absolute Gasteiger partial charge is 0.342 e. The minimum Gasteiger partial charge on any atom is -0.342 e. The van der Waals surface area contributed by atoms with Gasteiger partial charge in [0.1, 0.15) is 0 Å². The Balaban J connectivity index is 1.72. The van der Waals surface area contributed by atoms with Crippen LogP contribution in [0.4, 0.5) is 0 Å². The Hall–Kier alpha value is -1.91. The molecule has 0 aromatic carbocycles. The summed E-state index contributed by atoms with van der Waals surface area (Å²) < 4.78 is 0. The maximum Gasteiger partial charge on any atom is 0.255 e. The maximum atomic E-state index is 12.6. The van der Waals surface area contributed by atoms with Crippen LogP contribution in [0.15, 0.2) is 24.5 Å². The molecule has 0 aliphatic carbocycles. The van der Waals surface area contributed by atoms with E-state index in [4.69, 9.17) is 0 Å². The van der Waals surface area contributed by atoms with Crippen LogP contribution in [0.3, 0.4) is 0 Å². The first-order valence-corrected chi connectivity index (χ1v) is 7.55. The third-order valence-electron chi connectivity index (χ3n) is 4.74. The van der Waals surface area contributed by atoms with Crippen molar-refractivity contribution in [2.75, 3.05) is 26.2 Å². The Morgan fingerprint density at radius 2 is 2.00 bits per heavy atom. The molecular weight excluding hydrogens is 266 g/mol. The fraction of sp³-hybridized carbons (Fsp3) is 0.562. The summed E-state index contributed by atoms with van der Waals surface area (Å²) in [7, 11) is 0. The van der Waals surface area contributed by atoms with E-state index in [-0.39, 0.29) is 17.2 Å². The topological polar surface area (TPSA) is 53.5 Å². The SMILES string of the molecule is CC(=O)N1CCC2(CCCN(C(=O)c3cccnc3)C2)C1. The quantitative estimate of drug-likeness (QED) is 0.787. The van der Waals surface area contributed by atoms with E-state index in [2.05, 4.69) is 4.98 Å². The predicted octanol–water partition coefficient (Wildman–Crippen LogP) is 1.56. The number of rotatable bonds is 1. The van der Waals surface area contributed by atoms with Crippen LogP contribution in [-0.2, 0) is 4.79 Å². The number of likely N-dealkylation sites (tertiary alicyclic amines) is 2. The van der Waals surface area contributed by atoms with Crippen LogP contribution in [-0.4, -0.2) is 52.8 Å². The van der Waals surface area contributed by atoms with Gasteiger partial charge >= 0.3 is 0 Å². The van der Waals surface area contributed by atoms with E-state index in [0.717, 1.165) is 45.4 Å². The second-order valence-electron chi connectivity index (χ2n) is 6.26. The average molecular weight is 287 g/mol. The van der Waals surface area contributed by atoms with Gasteiger partial charge in [-0.1, -0.05) is 0 Å². The van der Waals surface area contributed by atoms with Crippen LogP contribution in [0, 0.1) is 5.41 Å². The molecule has 5 nitrogen and oxygen atoms in total. The molecule has 2 saturated heterocycles. The number of carbonyl (C=O) groups excluding carboxylic acids is 2. The lowest BCUT2D eigenvalue weighted by Crippen LogP contribution is -2.47. The zero-order valence-corrected chi connectivity index (χ0v) is 12.4. The fourth-order valence-corrected chi connectivity index (χ4v) is 3.59. The van der Waals surface area contributed by atoms with E-state index in [0.29, 0.717) is 5.56 Å². The van der Waals surface area contributed by atoms with Crippen LogP contribution < -0.4 is 0 Å². The Morgan fingerprint density at radius 1 is 1.19 bits per heavy atom. The molecule has 1 aromatic heterocycles. The summed E-state index contributed by atoms with van der Waals surface area (Å²) in [6.45, 7) is 4.80. The number of pyridine rings is 1. The summed E-state index contributed by atoms with van der Waals surface area (Å²) in [5.41, 5.74) is 0.748. The van der Waals surface area contributed by atoms with Crippen LogP contribution >= 0.6 is 0 Å². The van der Waals surface area contributed by atoms with Gasteiger partial charge in [0.15, 0.2) is 0 Å². The highest BCUT2D eigenvalue weighted by Crippen LogP contribution is 2.39. The first-order chi connectivity index (χ1) is 10.1. The standard InChI is InChI=1S/C16H21N3O2/c1-13(20)18-9-6-16(11-18)5-3-8-19(12-16)15(21)14-4-2-7-17-10-14/h2,4,7,10H,3,5-6,8-9,11-12H2,1H3. The van der Waals surface area contributed by atoms with Gasteiger partial charge in [0.2, 0.25) is 5.91 Å². The normalized spacial score (nSPS) is 25.4. The van der Waals surface area contributed by atoms with Crippen LogP contribution in [0.5, 0.6) is 0 Å². The highest BCUT2D eigenvalue weighted by atomic mass is 16.2. The van der Waals surface area contributed by atoms with Crippen molar-refractivity contribution < 1.29 is 9.59 Å². The summed E-state index contributed by atoms with van der Waals surface area (Å²) in [4.78, 5) is 32.0. The van der Waals surface area contributed by atoms with Crippen molar-refractivity contribution in [2.24, 2.45) is 5.41 Å². The average Bonchev–Trinajstić information content (AvgIpc) is 2.91. The molecule has 3 heterocycles. The molecule has 0 bridgehead atoms. The van der Waals surface area contributed by atoms with Crippen LogP contribution in [0.1, 0.15) is 36.5 Å². The number of aromatic nitrogens is 1. The number of amides is 2. The van der Waals surface area contributed by atoms with E-state index < -0.39 is 0 Å². The van der Waals surface area contributed by atoms with Gasteiger partial charge < -0.3 is 9.80 Å². The fourth-order valence-electron chi connectivity index (χ4n) is 3.59. The predicted molar refractivity (Wildman–Crippen MR) is 78.7 cm³/mol. The molecule has 1 spiro atoms. The molecule has 21 heavy (non-hydrogen) atoms. The lowest BCUT2D eigenvalue weighted by molar-refractivity contribution is -0.128. The van der Waals surface area contributed by atoms with Gasteiger partial charge in [0, 0.05) is 50.9 Å². The van der Waals surface area contributed by atoms with E-state index in [1.54, 1.807) is 25.4 Å². The Kier molecular flexibility index (Phi) is 3.66. The van der Waals surface area contributed by atoms with E-state index in [9.17, 15) is 9.59 Å². The van der Waals surface area contributed by atoms with Gasteiger partial charge in [0.25, 0.3) is 5.91 Å². The van der Waals surface area contributed by atoms with Crippen molar-refractivity contribution >= 4 is 11.8 Å². The second kappa shape index (κ2) is 5.47. The number of hydrogen-bond acceptors (Lipinski definition) is 3. The van der Waals surface area contributed by atoms with Crippen molar-refractivity contribution in [3.05, 3.63) is 30.1 Å². The molecule has 2 amide bonds. The molecule has 0 N–H and O–H groups in total. The first kappa shape index (κ1) is 14.0. The summed E-state index contributed by atoms with van der Waals surface area (Å²) in [6.07, 6.45) is 6.42. The van der Waals surface area contributed by atoms with Gasteiger partial charge in [-0.15, -0.1) is 0 Å². The summed E-state index contributed by atoms with van der Waals surface area (Å²) in [5, 5.41) is 0. The molecule has 5 heteroatoms. The van der Waals surface area contributed by atoms with E-state index in [1.807, 2.05) is 15.9 Å². The minimum atomic E-state index is 0.0588. The third kappa shape index (κ3) is 2.77. The van der Waals surface area contributed by atoms with Crippen LogP contribution in [0.2, 0.25) is 0 Å². The molecule has 2 aliphatic rings. The van der Waals surface area contributed by atoms with Gasteiger partial charge in [-0.3, -0.25) is 14.6 Å². The van der Waals surface area contributed by atoms with Gasteiger partial charge in [-0.05, 0) is 31.4 Å². The van der Waals surface area contributed by atoms with Gasteiger partial charge in [-0.2, -0.15) is 0 Å². The Bertz CT molecular complexity index is 546. The number of piperidine rings is 1. The summed E-state index contributed by atoms with van der Waals surface area (Å²) in [5.74, 6) is 0.200. The molecule has 1 unspecified atom stereocenters. The van der Waals surface area contributed by atoms with Gasteiger partial charge in [0.05, 0.1) is 5.56 Å². The lowest BCUT2D eigenvalue weighted by atomic mass is 9.79. The highest BCUT2D eigenvalue weighted by Gasteiger charge is 2.43. The lowest BCUT2D eigenvalue weighted by Gasteiger charge is -2.40. The molecule has 2 fully saturated rings. The summed E-state index contributed by atoms with van der Waals surface area (Å²) >= 11 is 0. The van der Waals surface area contributed by atoms with Crippen LogP contribution in [0.25, 0.3) is 0 Å². The van der Waals surface area contributed by atoms with E-state index in [1.165, 1.54) is 0 Å². The van der Waals surface area contributed by atoms with Crippen molar-refractivity contribution in [3.8, 4) is 0 Å². The third-order valence-corrected chi connectivity index (χ3v) is 4.74. The molecule has 0 radical (unpaired) electrons. The highest BCUT2D eigenvalue weighted by molar-refractivity contribution is 5.94. The molecule has 112 valence electrons. The van der Waals surface area contributed by atoms with E-state index >= 15 is 0 Å². The maximum absolute atomic E-state index is 12.6. The molecule has 3 rings (SSSR count). The molecule has 1 atom stereocenters. The smallest absolute Gasteiger partial charge is 0.255 e.